The van der Waals surface area contributed by atoms with Crippen LogP contribution >= 0.6 is 11.3 Å². The van der Waals surface area contributed by atoms with Crippen LogP contribution in [0.2, 0.25) is 0 Å². The summed E-state index contributed by atoms with van der Waals surface area (Å²) < 4.78 is 1.95. The molecule has 1 aromatic carbocycles. The van der Waals surface area contributed by atoms with Crippen LogP contribution in [0.4, 0.5) is 0 Å². The normalized spacial score (nSPS) is 10.7. The summed E-state index contributed by atoms with van der Waals surface area (Å²) in [5.41, 5.74) is 3.86. The quantitative estimate of drug-likeness (QED) is 0.439. The van der Waals surface area contributed by atoms with E-state index in [4.69, 9.17) is 5.84 Å². The first-order valence-corrected chi connectivity index (χ1v) is 7.24. The zero-order chi connectivity index (χ0) is 14.8. The SMILES string of the molecule is NNC(=O)c1sccc1Cn1ccc(=O)c2ccccc21. The predicted molar refractivity (Wildman–Crippen MR) is 83.3 cm³/mol. The largest absolute Gasteiger partial charge is 0.343 e. The maximum Gasteiger partial charge on any atom is 0.275 e. The number of amides is 1. The van der Waals surface area contributed by atoms with Gasteiger partial charge in [0.2, 0.25) is 0 Å². The molecule has 0 bridgehead atoms. The van der Waals surface area contributed by atoms with Crippen molar-refractivity contribution < 1.29 is 4.79 Å². The lowest BCUT2D eigenvalue weighted by atomic mass is 10.2. The summed E-state index contributed by atoms with van der Waals surface area (Å²) in [5, 5.41) is 2.52. The Labute approximate surface area is 124 Å². The van der Waals surface area contributed by atoms with E-state index in [1.54, 1.807) is 12.3 Å². The summed E-state index contributed by atoms with van der Waals surface area (Å²) in [5.74, 6) is 4.89. The van der Waals surface area contributed by atoms with Crippen molar-refractivity contribution >= 4 is 28.1 Å². The number of nitrogens with two attached hydrogens (primary N) is 1. The highest BCUT2D eigenvalue weighted by Crippen LogP contribution is 2.19. The van der Waals surface area contributed by atoms with E-state index in [9.17, 15) is 9.59 Å². The molecule has 5 nitrogen and oxygen atoms in total. The first-order chi connectivity index (χ1) is 10.2. The summed E-state index contributed by atoms with van der Waals surface area (Å²) in [4.78, 5) is 24.2. The Bertz CT molecular complexity index is 866. The highest BCUT2D eigenvalue weighted by molar-refractivity contribution is 7.12. The van der Waals surface area contributed by atoms with Gasteiger partial charge in [-0.2, -0.15) is 0 Å². The second kappa shape index (κ2) is 5.51. The van der Waals surface area contributed by atoms with Crippen LogP contribution in [0, 0.1) is 0 Å². The van der Waals surface area contributed by atoms with Crippen molar-refractivity contribution in [2.75, 3.05) is 0 Å². The molecule has 0 atom stereocenters. The topological polar surface area (TPSA) is 77.1 Å². The molecule has 0 fully saturated rings. The van der Waals surface area contributed by atoms with Gasteiger partial charge in [0.05, 0.1) is 10.4 Å². The van der Waals surface area contributed by atoms with E-state index in [2.05, 4.69) is 5.43 Å². The standard InChI is InChI=1S/C15H13N3O2S/c16-17-15(20)14-10(6-8-21-14)9-18-7-5-13(19)11-3-1-2-4-12(11)18/h1-8H,9,16H2,(H,17,20). The summed E-state index contributed by atoms with van der Waals surface area (Å²) >= 11 is 1.34. The van der Waals surface area contributed by atoms with Gasteiger partial charge in [-0.25, -0.2) is 5.84 Å². The van der Waals surface area contributed by atoms with Crippen molar-refractivity contribution in [3.8, 4) is 0 Å². The Morgan fingerprint density at radius 2 is 2.05 bits per heavy atom. The van der Waals surface area contributed by atoms with Crippen LogP contribution in [0.1, 0.15) is 15.2 Å². The highest BCUT2D eigenvalue weighted by atomic mass is 32.1. The number of nitrogens with one attached hydrogen (secondary N) is 1. The number of nitrogen functional groups attached to an aromatic ring is 1. The predicted octanol–water partition coefficient (Wildman–Crippen LogP) is 1.71. The van der Waals surface area contributed by atoms with Crippen LogP contribution in [-0.4, -0.2) is 10.5 Å². The number of rotatable bonds is 3. The average molecular weight is 299 g/mol. The minimum atomic E-state index is -0.301. The van der Waals surface area contributed by atoms with Gasteiger partial charge in [0, 0.05) is 24.2 Å². The maximum absolute atomic E-state index is 11.9. The summed E-state index contributed by atoms with van der Waals surface area (Å²) in [6.45, 7) is 0.507. The molecule has 0 aliphatic heterocycles. The van der Waals surface area contributed by atoms with E-state index in [-0.39, 0.29) is 11.3 Å². The van der Waals surface area contributed by atoms with Gasteiger partial charge >= 0.3 is 0 Å². The van der Waals surface area contributed by atoms with Crippen molar-refractivity contribution in [1.82, 2.24) is 9.99 Å². The molecule has 0 aliphatic carbocycles. The van der Waals surface area contributed by atoms with Gasteiger partial charge in [-0.15, -0.1) is 11.3 Å². The minimum Gasteiger partial charge on any atom is -0.343 e. The number of pyridine rings is 1. The zero-order valence-corrected chi connectivity index (χ0v) is 11.9. The number of carbonyl (C=O) groups is 1. The number of para-hydroxylation sites is 1. The number of hydrogen-bond acceptors (Lipinski definition) is 4. The number of benzene rings is 1. The number of thiophene rings is 1. The van der Waals surface area contributed by atoms with Crippen LogP contribution < -0.4 is 16.7 Å². The Hall–Kier alpha value is -2.44. The molecule has 2 aromatic heterocycles. The van der Waals surface area contributed by atoms with Gasteiger partial charge in [-0.1, -0.05) is 12.1 Å². The fourth-order valence-corrected chi connectivity index (χ4v) is 3.12. The molecule has 0 radical (unpaired) electrons. The second-order valence-corrected chi connectivity index (χ2v) is 5.49. The van der Waals surface area contributed by atoms with Crippen molar-refractivity contribution in [2.24, 2.45) is 5.84 Å². The number of carbonyl (C=O) groups excluding carboxylic acids is 1. The van der Waals surface area contributed by atoms with E-state index >= 15 is 0 Å². The van der Waals surface area contributed by atoms with Gasteiger partial charge in [0.1, 0.15) is 0 Å². The van der Waals surface area contributed by atoms with Crippen LogP contribution in [0.15, 0.2) is 52.8 Å². The molecule has 0 saturated carbocycles. The van der Waals surface area contributed by atoms with E-state index in [0.29, 0.717) is 16.8 Å². The minimum absolute atomic E-state index is 0.00732. The van der Waals surface area contributed by atoms with Gasteiger partial charge < -0.3 is 4.57 Å². The third kappa shape index (κ3) is 2.46. The Balaban J connectivity index is 2.08. The Kier molecular flexibility index (Phi) is 3.55. The molecule has 21 heavy (non-hydrogen) atoms. The van der Waals surface area contributed by atoms with Crippen LogP contribution in [0.3, 0.4) is 0 Å². The molecule has 0 unspecified atom stereocenters. The molecule has 106 valence electrons. The number of hydrazine groups is 1. The van der Waals surface area contributed by atoms with Crippen LogP contribution in [0.25, 0.3) is 10.9 Å². The lowest BCUT2D eigenvalue weighted by molar-refractivity contribution is 0.0957. The smallest absolute Gasteiger partial charge is 0.275 e. The highest BCUT2D eigenvalue weighted by Gasteiger charge is 2.13. The lowest BCUT2D eigenvalue weighted by Gasteiger charge is -2.11. The molecule has 3 aromatic rings. The number of nitrogens with zero attached hydrogens (tertiary/aromatic N) is 1. The summed E-state index contributed by atoms with van der Waals surface area (Å²) in [6.07, 6.45) is 1.74. The summed E-state index contributed by atoms with van der Waals surface area (Å²) in [6, 6.07) is 10.9. The van der Waals surface area contributed by atoms with Crippen LogP contribution in [-0.2, 0) is 6.54 Å². The molecule has 3 rings (SSSR count). The molecule has 0 aliphatic rings. The average Bonchev–Trinajstić information content (AvgIpc) is 2.98. The van der Waals surface area contributed by atoms with Gasteiger partial charge in [-0.05, 0) is 29.1 Å². The lowest BCUT2D eigenvalue weighted by Crippen LogP contribution is -2.30. The monoisotopic (exact) mass is 299 g/mol. The van der Waals surface area contributed by atoms with Crippen molar-refractivity contribution in [2.45, 2.75) is 6.54 Å². The second-order valence-electron chi connectivity index (χ2n) is 4.57. The van der Waals surface area contributed by atoms with E-state index < -0.39 is 0 Å². The molecular formula is C15H13N3O2S. The zero-order valence-electron chi connectivity index (χ0n) is 11.1. The van der Waals surface area contributed by atoms with Gasteiger partial charge in [0.25, 0.3) is 5.91 Å². The molecule has 2 heterocycles. The van der Waals surface area contributed by atoms with Crippen LogP contribution in [0.5, 0.6) is 0 Å². The third-order valence-electron chi connectivity index (χ3n) is 3.31. The van der Waals surface area contributed by atoms with Gasteiger partial charge in [0.15, 0.2) is 5.43 Å². The van der Waals surface area contributed by atoms with E-state index in [0.717, 1.165) is 11.1 Å². The summed E-state index contributed by atoms with van der Waals surface area (Å²) in [7, 11) is 0. The fraction of sp³-hybridized carbons (Fsp3) is 0.0667. The van der Waals surface area contributed by atoms with Crippen molar-refractivity contribution in [3.05, 3.63) is 68.6 Å². The molecule has 6 heteroatoms. The third-order valence-corrected chi connectivity index (χ3v) is 4.27. The molecule has 0 saturated heterocycles. The Morgan fingerprint density at radius 1 is 1.24 bits per heavy atom. The number of fused-ring (bicyclic) bond motifs is 1. The number of hydrogen-bond donors (Lipinski definition) is 2. The van der Waals surface area contributed by atoms with E-state index in [1.807, 2.05) is 34.2 Å². The molecule has 3 N–H and O–H groups in total. The first-order valence-electron chi connectivity index (χ1n) is 6.36. The molecule has 0 spiro atoms. The fourth-order valence-electron chi connectivity index (χ4n) is 2.31. The van der Waals surface area contributed by atoms with E-state index in [1.165, 1.54) is 17.4 Å². The Morgan fingerprint density at radius 3 is 2.86 bits per heavy atom. The maximum atomic E-state index is 11.9. The first kappa shape index (κ1) is 13.5. The molecule has 1 amide bonds. The van der Waals surface area contributed by atoms with Crippen molar-refractivity contribution in [3.63, 3.8) is 0 Å². The molecular weight excluding hydrogens is 286 g/mol. The number of aromatic nitrogens is 1. The van der Waals surface area contributed by atoms with Crippen molar-refractivity contribution in [1.29, 1.82) is 0 Å². The van der Waals surface area contributed by atoms with Gasteiger partial charge in [-0.3, -0.25) is 15.0 Å².